The predicted molar refractivity (Wildman–Crippen MR) is 92.1 cm³/mol. The van der Waals surface area contributed by atoms with Crippen molar-refractivity contribution < 1.29 is 4.79 Å². The fourth-order valence-corrected chi connectivity index (χ4v) is 4.21. The molecule has 22 heavy (non-hydrogen) atoms. The molecule has 1 saturated heterocycles. The average molecular weight is 312 g/mol. The molecule has 2 aromatic heterocycles. The lowest BCUT2D eigenvalue weighted by Crippen LogP contribution is -2.56. The number of piperazine rings is 1. The molecule has 1 fully saturated rings. The molecule has 0 amide bonds. The highest BCUT2D eigenvalue weighted by atomic mass is 32.1. The third-order valence-electron chi connectivity index (χ3n) is 4.61. The molecule has 3 aromatic rings. The Morgan fingerprint density at radius 3 is 2.68 bits per heavy atom. The number of benzene rings is 1. The molecule has 1 aliphatic rings. The molecule has 2 N–H and O–H groups in total. The summed E-state index contributed by atoms with van der Waals surface area (Å²) >= 11 is 1.71. The van der Waals surface area contributed by atoms with Gasteiger partial charge in [0.1, 0.15) is 24.3 Å². The van der Waals surface area contributed by atoms with Crippen LogP contribution in [0, 0.1) is 0 Å². The third-order valence-corrected chi connectivity index (χ3v) is 5.28. The number of hydrogen-bond donors (Lipinski definition) is 2. The van der Waals surface area contributed by atoms with Gasteiger partial charge in [-0.1, -0.05) is 18.2 Å². The maximum atomic E-state index is 11.8. The maximum Gasteiger partial charge on any atom is 0.222 e. The smallest absolute Gasteiger partial charge is 0.222 e. The van der Waals surface area contributed by atoms with Gasteiger partial charge in [-0.05, 0) is 11.4 Å². The van der Waals surface area contributed by atoms with E-state index in [1.807, 2.05) is 24.3 Å². The van der Waals surface area contributed by atoms with Gasteiger partial charge in [-0.15, -0.1) is 11.3 Å². The number of fused-ring (bicyclic) bond motifs is 1. The van der Waals surface area contributed by atoms with Gasteiger partial charge in [0.2, 0.25) is 5.82 Å². The number of hydrogen-bond acceptors (Lipinski definition) is 3. The predicted octanol–water partition coefficient (Wildman–Crippen LogP) is 3.28. The van der Waals surface area contributed by atoms with Gasteiger partial charge in [-0.2, -0.15) is 0 Å². The van der Waals surface area contributed by atoms with E-state index in [4.69, 9.17) is 0 Å². The van der Waals surface area contributed by atoms with Crippen LogP contribution in [0.2, 0.25) is 0 Å². The van der Waals surface area contributed by atoms with Crippen molar-refractivity contribution in [1.82, 2.24) is 14.8 Å². The number of rotatable bonds is 3. The first kappa shape index (κ1) is 13.7. The number of aromatic nitrogens is 1. The lowest BCUT2D eigenvalue weighted by atomic mass is 10.1. The number of aldehydes is 1. The average Bonchev–Trinajstić information content (AvgIpc) is 3.23. The zero-order valence-corrected chi connectivity index (χ0v) is 13.0. The highest BCUT2D eigenvalue weighted by molar-refractivity contribution is 7.08. The monoisotopic (exact) mass is 312 g/mol. The summed E-state index contributed by atoms with van der Waals surface area (Å²) < 4.78 is 0.721. The molecular weight excluding hydrogens is 294 g/mol. The van der Waals surface area contributed by atoms with Crippen LogP contribution in [0.25, 0.3) is 10.9 Å². The Hall–Kier alpha value is -1.95. The Morgan fingerprint density at radius 1 is 1.14 bits per heavy atom. The summed E-state index contributed by atoms with van der Waals surface area (Å²) in [6, 6.07) is 10.2. The van der Waals surface area contributed by atoms with Crippen molar-refractivity contribution in [3.8, 4) is 0 Å². The first-order valence-electron chi connectivity index (χ1n) is 7.52. The van der Waals surface area contributed by atoms with Crippen molar-refractivity contribution in [2.45, 2.75) is 0 Å². The fourth-order valence-electron chi connectivity index (χ4n) is 3.49. The number of aromatic amines is 1. The molecule has 0 bridgehead atoms. The lowest BCUT2D eigenvalue weighted by molar-refractivity contribution is 0.112. The molecule has 1 aliphatic heterocycles. The van der Waals surface area contributed by atoms with Crippen molar-refractivity contribution in [1.29, 1.82) is 0 Å². The second-order valence-corrected chi connectivity index (χ2v) is 6.48. The van der Waals surface area contributed by atoms with Gasteiger partial charge < -0.3 is 10.3 Å². The van der Waals surface area contributed by atoms with E-state index in [1.165, 1.54) is 5.69 Å². The summed E-state index contributed by atoms with van der Waals surface area (Å²) in [5, 5.41) is 8.75. The van der Waals surface area contributed by atoms with E-state index in [0.29, 0.717) is 0 Å². The molecule has 0 atom stereocenters. The van der Waals surface area contributed by atoms with E-state index in [1.54, 1.807) is 11.3 Å². The molecule has 4 nitrogen and oxygen atoms in total. The number of nitrogens with zero attached hydrogens (tertiary/aromatic N) is 1. The van der Waals surface area contributed by atoms with E-state index in [9.17, 15) is 4.79 Å². The largest absolute Gasteiger partial charge is 0.310 e. The minimum atomic E-state index is 0.721. The number of nitrogens with one attached hydrogen (secondary N) is 2. The normalized spacial score (nSPS) is 17.6. The van der Waals surface area contributed by atoms with Crippen molar-refractivity contribution in [2.75, 3.05) is 26.2 Å². The lowest BCUT2D eigenvalue weighted by Gasteiger charge is -2.39. The molecule has 0 saturated carbocycles. The summed E-state index contributed by atoms with van der Waals surface area (Å²) in [4.78, 5) is 15.3. The van der Waals surface area contributed by atoms with Crippen LogP contribution in [0.1, 0.15) is 10.4 Å². The van der Waals surface area contributed by atoms with Gasteiger partial charge in [0.25, 0.3) is 0 Å². The number of quaternary nitrogens is 1. The van der Waals surface area contributed by atoms with Crippen LogP contribution < -0.4 is 9.80 Å². The topological polar surface area (TPSA) is 44.9 Å². The van der Waals surface area contributed by atoms with Crippen molar-refractivity contribution in [3.63, 3.8) is 0 Å². The van der Waals surface area contributed by atoms with E-state index in [-0.39, 0.29) is 0 Å². The quantitative estimate of drug-likeness (QED) is 0.576. The second-order valence-electron chi connectivity index (χ2n) is 5.70. The zero-order valence-electron chi connectivity index (χ0n) is 12.2. The second kappa shape index (κ2) is 5.35. The van der Waals surface area contributed by atoms with Gasteiger partial charge in [0.05, 0.1) is 10.9 Å². The molecule has 0 aliphatic carbocycles. The van der Waals surface area contributed by atoms with E-state index >= 15 is 0 Å². The SMILES string of the molecule is O=Cc1c([N+]2(c3ccsc3)CCNCC2)[nH]c2ccccc12. The highest BCUT2D eigenvalue weighted by Gasteiger charge is 2.39. The number of para-hydroxylation sites is 1. The molecule has 4 rings (SSSR count). The standard InChI is InChI=1S/C17H17N3OS/c21-11-15-14-3-1-2-4-16(14)19-17(15)20(8-6-18-7-9-20)13-5-10-22-12-13/h1-5,10-12,18H,6-9H2/p+1. The van der Waals surface area contributed by atoms with Crippen molar-refractivity contribution in [2.24, 2.45) is 0 Å². The van der Waals surface area contributed by atoms with Crippen LogP contribution >= 0.6 is 11.3 Å². The summed E-state index contributed by atoms with van der Waals surface area (Å²) in [6.07, 6.45) is 1.00. The molecule has 1 aromatic carbocycles. The van der Waals surface area contributed by atoms with E-state index in [2.05, 4.69) is 27.1 Å². The zero-order chi connectivity index (χ0) is 15.0. The van der Waals surface area contributed by atoms with Crippen molar-refractivity contribution >= 4 is 40.0 Å². The van der Waals surface area contributed by atoms with Gasteiger partial charge in [0, 0.05) is 24.5 Å². The first-order chi connectivity index (χ1) is 10.8. The molecule has 0 spiro atoms. The Labute approximate surface area is 133 Å². The number of carbonyl (C=O) groups excluding carboxylic acids is 1. The summed E-state index contributed by atoms with van der Waals surface area (Å²) in [7, 11) is 0. The number of H-pyrrole nitrogens is 1. The fraction of sp³-hybridized carbons (Fsp3) is 0.235. The number of thiophene rings is 1. The molecule has 112 valence electrons. The van der Waals surface area contributed by atoms with Gasteiger partial charge >= 0.3 is 0 Å². The Kier molecular flexibility index (Phi) is 3.33. The Bertz CT molecular complexity index is 801. The van der Waals surface area contributed by atoms with Gasteiger partial charge in [-0.3, -0.25) is 4.79 Å². The molecule has 0 radical (unpaired) electrons. The van der Waals surface area contributed by atoms with Gasteiger partial charge in [0.15, 0.2) is 6.29 Å². The molecule has 5 heteroatoms. The van der Waals surface area contributed by atoms with Crippen LogP contribution in [-0.4, -0.2) is 37.4 Å². The Morgan fingerprint density at radius 2 is 1.95 bits per heavy atom. The van der Waals surface area contributed by atoms with E-state index < -0.39 is 0 Å². The van der Waals surface area contributed by atoms with E-state index in [0.717, 1.165) is 59.2 Å². The summed E-state index contributed by atoms with van der Waals surface area (Å²) in [6.45, 7) is 3.79. The van der Waals surface area contributed by atoms with Crippen LogP contribution in [0.3, 0.4) is 0 Å². The summed E-state index contributed by atoms with van der Waals surface area (Å²) in [5.41, 5.74) is 3.09. The van der Waals surface area contributed by atoms with Gasteiger partial charge in [-0.25, -0.2) is 4.48 Å². The van der Waals surface area contributed by atoms with Crippen LogP contribution in [0.4, 0.5) is 11.5 Å². The van der Waals surface area contributed by atoms with Crippen molar-refractivity contribution in [3.05, 3.63) is 46.7 Å². The van der Waals surface area contributed by atoms with Crippen LogP contribution in [0.5, 0.6) is 0 Å². The molecule has 0 unspecified atom stereocenters. The van der Waals surface area contributed by atoms with Crippen LogP contribution in [-0.2, 0) is 0 Å². The maximum absolute atomic E-state index is 11.8. The molecule has 3 heterocycles. The van der Waals surface area contributed by atoms with Crippen LogP contribution in [0.15, 0.2) is 41.1 Å². The first-order valence-corrected chi connectivity index (χ1v) is 8.46. The minimum Gasteiger partial charge on any atom is -0.310 e. The highest BCUT2D eigenvalue weighted by Crippen LogP contribution is 2.40. The minimum absolute atomic E-state index is 0.721. The molecular formula is C17H18N3OS+. The third kappa shape index (κ3) is 1.94. The Balaban J connectivity index is 1.99. The summed E-state index contributed by atoms with van der Waals surface area (Å²) in [5.74, 6) is 1.02. The number of carbonyl (C=O) groups is 1.